The van der Waals surface area contributed by atoms with Gasteiger partial charge in [-0.25, -0.2) is 0 Å². The molecule has 1 fully saturated rings. The molecule has 0 N–H and O–H groups in total. The third kappa shape index (κ3) is 3.63. The third-order valence-corrected chi connectivity index (χ3v) is 5.37. The molecule has 29 heavy (non-hydrogen) atoms. The maximum absolute atomic E-state index is 13.3. The first-order chi connectivity index (χ1) is 14.1. The molecule has 7 nitrogen and oxygen atoms in total. The molecule has 148 valence electrons. The lowest BCUT2D eigenvalue weighted by molar-refractivity contribution is -0.384. The van der Waals surface area contributed by atoms with Crippen LogP contribution in [0.25, 0.3) is 5.57 Å². The summed E-state index contributed by atoms with van der Waals surface area (Å²) in [6.45, 7) is 1.65. The van der Waals surface area contributed by atoms with Crippen LogP contribution in [0.4, 0.5) is 5.69 Å². The number of nitro groups is 1. The minimum Gasteiger partial charge on any atom is -0.366 e. The zero-order chi connectivity index (χ0) is 20.4. The highest BCUT2D eigenvalue weighted by Gasteiger charge is 2.41. The van der Waals surface area contributed by atoms with Gasteiger partial charge in [-0.05, 0) is 42.5 Å². The third-order valence-electron chi connectivity index (χ3n) is 5.37. The Morgan fingerprint density at radius 3 is 2.14 bits per heavy atom. The highest BCUT2D eigenvalue weighted by molar-refractivity contribution is 6.35. The van der Waals surface area contributed by atoms with E-state index in [2.05, 4.69) is 0 Å². The molecule has 1 saturated heterocycles. The van der Waals surface area contributed by atoms with Crippen molar-refractivity contribution in [1.82, 2.24) is 9.80 Å². The standard InChI is InChI=1S/C22H21N3O4/c26-21-19(17-9-11-18(12-10-17)25(28)29)20(23-13-5-2-6-14-23)22(27)24(21)15-16-7-3-1-4-8-16/h1,3-4,7-12H,2,5-6,13-15H2. The van der Waals surface area contributed by atoms with Crippen LogP contribution in [0, 0.1) is 10.1 Å². The van der Waals surface area contributed by atoms with E-state index in [1.807, 2.05) is 35.2 Å². The predicted molar refractivity (Wildman–Crippen MR) is 107 cm³/mol. The molecule has 0 aromatic heterocycles. The molecule has 0 radical (unpaired) electrons. The fraction of sp³-hybridized carbons (Fsp3) is 0.273. The maximum Gasteiger partial charge on any atom is 0.278 e. The van der Waals surface area contributed by atoms with E-state index in [0.717, 1.165) is 37.9 Å². The fourth-order valence-electron chi connectivity index (χ4n) is 3.89. The highest BCUT2D eigenvalue weighted by atomic mass is 16.6. The molecule has 0 atom stereocenters. The van der Waals surface area contributed by atoms with Crippen LogP contribution in [0.2, 0.25) is 0 Å². The molecule has 2 aliphatic rings. The van der Waals surface area contributed by atoms with E-state index in [0.29, 0.717) is 16.8 Å². The lowest BCUT2D eigenvalue weighted by atomic mass is 10.0. The number of non-ortho nitro benzene ring substituents is 1. The number of likely N-dealkylation sites (tertiary alicyclic amines) is 1. The van der Waals surface area contributed by atoms with E-state index < -0.39 is 4.92 Å². The number of carbonyl (C=O) groups is 2. The fourth-order valence-corrected chi connectivity index (χ4v) is 3.89. The molecule has 7 heteroatoms. The van der Waals surface area contributed by atoms with Gasteiger partial charge in [0.15, 0.2) is 0 Å². The molecular formula is C22H21N3O4. The molecule has 4 rings (SSSR count). The Hall–Kier alpha value is -3.48. The second-order valence-electron chi connectivity index (χ2n) is 7.26. The van der Waals surface area contributed by atoms with Crippen molar-refractivity contribution in [1.29, 1.82) is 0 Å². The monoisotopic (exact) mass is 391 g/mol. The van der Waals surface area contributed by atoms with Crippen LogP contribution < -0.4 is 0 Å². The van der Waals surface area contributed by atoms with E-state index in [-0.39, 0.29) is 24.0 Å². The first-order valence-corrected chi connectivity index (χ1v) is 9.70. The largest absolute Gasteiger partial charge is 0.366 e. The quantitative estimate of drug-likeness (QED) is 0.443. The SMILES string of the molecule is O=C1C(c2ccc([N+](=O)[O-])cc2)=C(N2CCCCC2)C(=O)N1Cc1ccccc1. The summed E-state index contributed by atoms with van der Waals surface area (Å²) in [5, 5.41) is 11.0. The first-order valence-electron chi connectivity index (χ1n) is 9.70. The van der Waals surface area contributed by atoms with Crippen LogP contribution in [0.15, 0.2) is 60.3 Å². The molecule has 2 aliphatic heterocycles. The van der Waals surface area contributed by atoms with Crippen molar-refractivity contribution in [3.05, 3.63) is 81.5 Å². The van der Waals surface area contributed by atoms with Gasteiger partial charge in [0.2, 0.25) is 0 Å². The molecule has 2 amide bonds. The summed E-state index contributed by atoms with van der Waals surface area (Å²) in [5.41, 5.74) is 2.11. The Kier molecular flexibility index (Phi) is 5.12. The first kappa shape index (κ1) is 18.9. The van der Waals surface area contributed by atoms with Crippen LogP contribution >= 0.6 is 0 Å². The highest BCUT2D eigenvalue weighted by Crippen LogP contribution is 2.34. The van der Waals surface area contributed by atoms with Gasteiger partial charge in [0.25, 0.3) is 17.5 Å². The number of nitrogens with zero attached hydrogens (tertiary/aromatic N) is 3. The number of carbonyl (C=O) groups excluding carboxylic acids is 2. The summed E-state index contributed by atoms with van der Waals surface area (Å²) in [5.74, 6) is -0.651. The Labute approximate surface area is 168 Å². The summed E-state index contributed by atoms with van der Waals surface area (Å²) in [6.07, 6.45) is 3.04. The van der Waals surface area contributed by atoms with Crippen LogP contribution in [0.1, 0.15) is 30.4 Å². The number of piperidine rings is 1. The average molecular weight is 391 g/mol. The molecule has 0 bridgehead atoms. The van der Waals surface area contributed by atoms with Crippen LogP contribution in [0.5, 0.6) is 0 Å². The number of amides is 2. The van der Waals surface area contributed by atoms with Crippen molar-refractivity contribution < 1.29 is 14.5 Å². The Balaban J connectivity index is 1.73. The van der Waals surface area contributed by atoms with Crippen molar-refractivity contribution in [2.24, 2.45) is 0 Å². The molecule has 0 unspecified atom stereocenters. The minimum absolute atomic E-state index is 0.0493. The zero-order valence-corrected chi connectivity index (χ0v) is 15.9. The van der Waals surface area contributed by atoms with E-state index in [1.165, 1.54) is 17.0 Å². The number of benzene rings is 2. The van der Waals surface area contributed by atoms with Gasteiger partial charge >= 0.3 is 0 Å². The van der Waals surface area contributed by atoms with Crippen LogP contribution in [-0.4, -0.2) is 39.6 Å². The summed E-state index contributed by atoms with van der Waals surface area (Å²) >= 11 is 0. The number of rotatable bonds is 5. The Morgan fingerprint density at radius 2 is 1.52 bits per heavy atom. The van der Waals surface area contributed by atoms with Gasteiger partial charge in [-0.1, -0.05) is 30.3 Å². The van der Waals surface area contributed by atoms with Crippen molar-refractivity contribution in [2.45, 2.75) is 25.8 Å². The van der Waals surface area contributed by atoms with Crippen LogP contribution in [0.3, 0.4) is 0 Å². The lowest BCUT2D eigenvalue weighted by Crippen LogP contribution is -2.36. The van der Waals surface area contributed by atoms with Gasteiger partial charge in [-0.3, -0.25) is 24.6 Å². The van der Waals surface area contributed by atoms with Gasteiger partial charge < -0.3 is 4.90 Å². The Morgan fingerprint density at radius 1 is 0.862 bits per heavy atom. The van der Waals surface area contributed by atoms with E-state index in [4.69, 9.17) is 0 Å². The normalized spacial score (nSPS) is 17.2. The zero-order valence-electron chi connectivity index (χ0n) is 15.9. The lowest BCUT2D eigenvalue weighted by Gasteiger charge is -2.29. The van der Waals surface area contributed by atoms with E-state index in [9.17, 15) is 19.7 Å². The number of imide groups is 1. The van der Waals surface area contributed by atoms with E-state index >= 15 is 0 Å². The van der Waals surface area contributed by atoms with Gasteiger partial charge in [0.1, 0.15) is 5.70 Å². The molecule has 2 heterocycles. The summed E-state index contributed by atoms with van der Waals surface area (Å²) < 4.78 is 0. The molecule has 0 saturated carbocycles. The summed E-state index contributed by atoms with van der Waals surface area (Å²) in [6, 6.07) is 15.2. The topological polar surface area (TPSA) is 83.8 Å². The molecule has 0 aliphatic carbocycles. The van der Waals surface area contributed by atoms with Gasteiger partial charge in [-0.15, -0.1) is 0 Å². The predicted octanol–water partition coefficient (Wildman–Crippen LogP) is 3.36. The number of hydrogen-bond donors (Lipinski definition) is 0. The molecular weight excluding hydrogens is 370 g/mol. The smallest absolute Gasteiger partial charge is 0.278 e. The summed E-state index contributed by atoms with van der Waals surface area (Å²) in [7, 11) is 0. The van der Waals surface area contributed by atoms with Crippen molar-refractivity contribution >= 4 is 23.1 Å². The molecule has 0 spiro atoms. The van der Waals surface area contributed by atoms with Crippen molar-refractivity contribution in [3.63, 3.8) is 0 Å². The van der Waals surface area contributed by atoms with Crippen LogP contribution in [-0.2, 0) is 16.1 Å². The van der Waals surface area contributed by atoms with E-state index in [1.54, 1.807) is 12.1 Å². The minimum atomic E-state index is -0.479. The second kappa shape index (κ2) is 7.87. The van der Waals surface area contributed by atoms with Crippen molar-refractivity contribution in [3.8, 4) is 0 Å². The van der Waals surface area contributed by atoms with Gasteiger partial charge in [0, 0.05) is 25.2 Å². The van der Waals surface area contributed by atoms with Gasteiger partial charge in [-0.2, -0.15) is 0 Å². The molecule has 2 aromatic carbocycles. The second-order valence-corrected chi connectivity index (χ2v) is 7.26. The Bertz CT molecular complexity index is 977. The van der Waals surface area contributed by atoms with Crippen molar-refractivity contribution in [2.75, 3.05) is 13.1 Å². The van der Waals surface area contributed by atoms with Gasteiger partial charge in [0.05, 0.1) is 17.0 Å². The maximum atomic E-state index is 13.3. The summed E-state index contributed by atoms with van der Waals surface area (Å²) in [4.78, 5) is 40.3. The number of hydrogen-bond acceptors (Lipinski definition) is 5. The number of nitro benzene ring substituents is 1. The average Bonchev–Trinajstić information content (AvgIpc) is 3.00. The molecule has 2 aromatic rings.